The number of nitrogens with zero attached hydrogens (tertiary/aromatic N) is 2. The second-order valence-electron chi connectivity index (χ2n) is 11.6. The Morgan fingerprint density at radius 3 is 2.53 bits per heavy atom. The largest absolute Gasteiger partial charge is 0.481 e. The van der Waals surface area contributed by atoms with Crippen LogP contribution in [0.25, 0.3) is 21.0 Å². The standard InChI is InChI=1S/C34H35ClFN3O4S2/c35-27-3-6-29(7-4-27)45(42,43)37-14-9-23-1-8-31-30(19-23)26(22-39(31)18-13-34(40)41)12-17-38-15-10-24(11-16-38)32-20-25-2-5-28(36)21-33(25)44-32/h1-8,19-22,24,37H,9-18H2,(H,40,41). The third kappa shape index (κ3) is 7.58. The SMILES string of the molecule is O=C(O)CCn1cc(CCN2CCC(c3cc4ccc(F)cc4s3)CC2)c2cc(CCNS(=O)(=O)c3ccc(Cl)cc3)ccc21. The third-order valence-electron chi connectivity index (χ3n) is 8.61. The maximum absolute atomic E-state index is 13.7. The number of nitrogens with one attached hydrogen (secondary N) is 1. The van der Waals surface area contributed by atoms with Crippen LogP contribution in [0.3, 0.4) is 0 Å². The molecule has 1 fully saturated rings. The van der Waals surface area contributed by atoms with Gasteiger partial charge in [-0.1, -0.05) is 23.7 Å². The van der Waals surface area contributed by atoms with Crippen molar-refractivity contribution in [1.82, 2.24) is 14.2 Å². The zero-order valence-corrected chi connectivity index (χ0v) is 27.1. The highest BCUT2D eigenvalue weighted by molar-refractivity contribution is 7.89. The molecule has 3 heterocycles. The fraction of sp³-hybridized carbons (Fsp3) is 0.324. The van der Waals surface area contributed by atoms with Crippen LogP contribution in [0, 0.1) is 5.82 Å². The minimum atomic E-state index is -3.65. The van der Waals surface area contributed by atoms with Crippen molar-refractivity contribution in [3.05, 3.63) is 99.8 Å². The number of carboxylic acid groups (broad SMARTS) is 1. The van der Waals surface area contributed by atoms with E-state index in [1.165, 1.54) is 23.1 Å². The summed E-state index contributed by atoms with van der Waals surface area (Å²) in [6.45, 7) is 3.51. The zero-order chi connectivity index (χ0) is 31.6. The number of hydrogen-bond donors (Lipinski definition) is 2. The van der Waals surface area contributed by atoms with Gasteiger partial charge in [0.2, 0.25) is 10.0 Å². The van der Waals surface area contributed by atoms with E-state index in [2.05, 4.69) is 28.0 Å². The molecule has 1 aliphatic rings. The predicted molar refractivity (Wildman–Crippen MR) is 178 cm³/mol. The van der Waals surface area contributed by atoms with Gasteiger partial charge >= 0.3 is 5.97 Å². The molecule has 6 rings (SSSR count). The summed E-state index contributed by atoms with van der Waals surface area (Å²) in [6.07, 6.45) is 5.58. The molecule has 236 valence electrons. The molecule has 2 aromatic heterocycles. The quantitative estimate of drug-likeness (QED) is 0.149. The number of rotatable bonds is 12. The molecular formula is C34H35ClFN3O4S2. The average molecular weight is 668 g/mol. The van der Waals surface area contributed by atoms with Gasteiger partial charge in [0, 0.05) is 51.3 Å². The highest BCUT2D eigenvalue weighted by Crippen LogP contribution is 2.37. The fourth-order valence-electron chi connectivity index (χ4n) is 6.15. The molecule has 1 aliphatic heterocycles. The summed E-state index contributed by atoms with van der Waals surface area (Å²) < 4.78 is 44.8. The molecule has 0 bridgehead atoms. The minimum absolute atomic E-state index is 0.0370. The topological polar surface area (TPSA) is 91.6 Å². The smallest absolute Gasteiger partial charge is 0.305 e. The van der Waals surface area contributed by atoms with Gasteiger partial charge in [0.15, 0.2) is 0 Å². The van der Waals surface area contributed by atoms with Gasteiger partial charge in [-0.2, -0.15) is 0 Å². The number of aromatic nitrogens is 1. The monoisotopic (exact) mass is 667 g/mol. The number of aryl methyl sites for hydroxylation is 1. The number of likely N-dealkylation sites (tertiary alicyclic amines) is 1. The lowest BCUT2D eigenvalue weighted by Crippen LogP contribution is -2.34. The van der Waals surface area contributed by atoms with E-state index in [0.29, 0.717) is 23.9 Å². The maximum atomic E-state index is 13.7. The summed E-state index contributed by atoms with van der Waals surface area (Å²) in [5.41, 5.74) is 3.15. The summed E-state index contributed by atoms with van der Waals surface area (Å²) >= 11 is 7.60. The number of halogens is 2. The normalized spacial score (nSPS) is 14.9. The van der Waals surface area contributed by atoms with Crippen molar-refractivity contribution >= 4 is 59.9 Å². The van der Waals surface area contributed by atoms with E-state index < -0.39 is 16.0 Å². The van der Waals surface area contributed by atoms with E-state index in [-0.39, 0.29) is 23.7 Å². The van der Waals surface area contributed by atoms with Crippen LogP contribution in [0.2, 0.25) is 5.02 Å². The van der Waals surface area contributed by atoms with Crippen LogP contribution in [-0.4, -0.2) is 55.1 Å². The van der Waals surface area contributed by atoms with Gasteiger partial charge in [0.05, 0.1) is 11.3 Å². The molecule has 0 aliphatic carbocycles. The third-order valence-corrected chi connectivity index (χ3v) is 11.6. The number of aliphatic carboxylic acids is 1. The van der Waals surface area contributed by atoms with Gasteiger partial charge in [-0.05, 0) is 116 Å². The Kier molecular flexibility index (Phi) is 9.58. The van der Waals surface area contributed by atoms with E-state index in [1.807, 2.05) is 22.8 Å². The lowest BCUT2D eigenvalue weighted by Gasteiger charge is -2.31. The number of carbonyl (C=O) groups is 1. The first kappa shape index (κ1) is 31.7. The van der Waals surface area contributed by atoms with Gasteiger partial charge < -0.3 is 14.6 Å². The van der Waals surface area contributed by atoms with E-state index in [1.54, 1.807) is 29.5 Å². The number of benzene rings is 3. The van der Waals surface area contributed by atoms with E-state index in [4.69, 9.17) is 11.6 Å². The van der Waals surface area contributed by atoms with Crippen molar-refractivity contribution in [1.29, 1.82) is 0 Å². The molecule has 1 saturated heterocycles. The summed E-state index contributed by atoms with van der Waals surface area (Å²) in [5.74, 6) is -0.546. The lowest BCUT2D eigenvalue weighted by molar-refractivity contribution is -0.137. The first-order chi connectivity index (χ1) is 21.6. The second-order valence-corrected chi connectivity index (χ2v) is 15.0. The van der Waals surface area contributed by atoms with Crippen molar-refractivity contribution in [2.24, 2.45) is 0 Å². The number of fused-ring (bicyclic) bond motifs is 2. The molecule has 0 unspecified atom stereocenters. The predicted octanol–water partition coefficient (Wildman–Crippen LogP) is 7.07. The van der Waals surface area contributed by atoms with Crippen molar-refractivity contribution in [2.75, 3.05) is 26.2 Å². The number of thiophene rings is 1. The molecule has 0 amide bonds. The molecule has 0 atom stereocenters. The average Bonchev–Trinajstić information content (AvgIpc) is 3.60. The Balaban J connectivity index is 1.11. The molecular weight excluding hydrogens is 633 g/mol. The van der Waals surface area contributed by atoms with Crippen LogP contribution in [-0.2, 0) is 34.2 Å². The first-order valence-electron chi connectivity index (χ1n) is 15.1. The van der Waals surface area contributed by atoms with Crippen molar-refractivity contribution in [3.8, 4) is 0 Å². The Labute approximate surface area is 271 Å². The van der Waals surface area contributed by atoms with Crippen LogP contribution in [0.4, 0.5) is 4.39 Å². The fourth-order valence-corrected chi connectivity index (χ4v) is 8.56. The summed E-state index contributed by atoms with van der Waals surface area (Å²) in [7, 11) is -3.65. The number of carboxylic acids is 1. The minimum Gasteiger partial charge on any atom is -0.481 e. The molecule has 7 nitrogen and oxygen atoms in total. The molecule has 0 spiro atoms. The highest BCUT2D eigenvalue weighted by Gasteiger charge is 2.23. The van der Waals surface area contributed by atoms with E-state index in [0.717, 1.165) is 71.0 Å². The first-order valence-corrected chi connectivity index (χ1v) is 17.8. The van der Waals surface area contributed by atoms with Crippen molar-refractivity contribution < 1.29 is 22.7 Å². The van der Waals surface area contributed by atoms with Gasteiger partial charge in [0.1, 0.15) is 5.82 Å². The van der Waals surface area contributed by atoms with Crippen LogP contribution >= 0.6 is 22.9 Å². The van der Waals surface area contributed by atoms with Crippen molar-refractivity contribution in [3.63, 3.8) is 0 Å². The van der Waals surface area contributed by atoms with Crippen LogP contribution in [0.1, 0.15) is 41.2 Å². The molecule has 45 heavy (non-hydrogen) atoms. The van der Waals surface area contributed by atoms with Gasteiger partial charge in [-0.25, -0.2) is 17.5 Å². The van der Waals surface area contributed by atoms with Crippen molar-refractivity contribution in [2.45, 2.75) is 49.5 Å². The molecule has 0 saturated carbocycles. The van der Waals surface area contributed by atoms with E-state index in [9.17, 15) is 22.7 Å². The Bertz CT molecular complexity index is 1930. The maximum Gasteiger partial charge on any atom is 0.305 e. The summed E-state index contributed by atoms with van der Waals surface area (Å²) in [4.78, 5) is 15.3. The van der Waals surface area contributed by atoms with Gasteiger partial charge in [-0.15, -0.1) is 11.3 Å². The lowest BCUT2D eigenvalue weighted by atomic mass is 9.94. The molecule has 5 aromatic rings. The second kappa shape index (κ2) is 13.6. The number of sulfonamides is 1. The van der Waals surface area contributed by atoms with Crippen LogP contribution in [0.5, 0.6) is 0 Å². The Hall–Kier alpha value is -3.28. The van der Waals surface area contributed by atoms with Gasteiger partial charge in [-0.3, -0.25) is 4.79 Å². The Morgan fingerprint density at radius 2 is 1.78 bits per heavy atom. The van der Waals surface area contributed by atoms with E-state index >= 15 is 0 Å². The number of piperidine rings is 1. The zero-order valence-electron chi connectivity index (χ0n) is 24.7. The Morgan fingerprint density at radius 1 is 1.00 bits per heavy atom. The highest BCUT2D eigenvalue weighted by atomic mass is 35.5. The summed E-state index contributed by atoms with van der Waals surface area (Å²) in [6, 6.07) is 19.4. The molecule has 11 heteroatoms. The summed E-state index contributed by atoms with van der Waals surface area (Å²) in [5, 5.41) is 11.9. The van der Waals surface area contributed by atoms with Gasteiger partial charge in [0.25, 0.3) is 0 Å². The molecule has 2 N–H and O–H groups in total. The van der Waals surface area contributed by atoms with Crippen LogP contribution < -0.4 is 4.72 Å². The number of hydrogen-bond acceptors (Lipinski definition) is 5. The molecule has 0 radical (unpaired) electrons. The molecule has 3 aromatic carbocycles. The van der Waals surface area contributed by atoms with Crippen LogP contribution in [0.15, 0.2) is 77.8 Å².